The Labute approximate surface area is 541 Å². The van der Waals surface area contributed by atoms with Crippen LogP contribution < -0.4 is 11.5 Å². The van der Waals surface area contributed by atoms with Gasteiger partial charge in [0.25, 0.3) is 5.91 Å². The van der Waals surface area contributed by atoms with E-state index in [2.05, 4.69) is 87.0 Å². The summed E-state index contributed by atoms with van der Waals surface area (Å²) >= 11 is 12.0. The minimum atomic E-state index is -0.562. The highest BCUT2D eigenvalue weighted by atomic mass is 32.2. The zero-order valence-electron chi connectivity index (χ0n) is 49.2. The number of amides is 1. The van der Waals surface area contributed by atoms with Gasteiger partial charge in [0.2, 0.25) is 0 Å². The number of phenolic OH excluding ortho intramolecular Hbond substituents is 5. The number of phenols is 5. The molecule has 0 spiro atoms. The molecule has 0 saturated carbocycles. The number of nitrogens with zero attached hydrogens (tertiary/aromatic N) is 7. The molecule has 87 heavy (non-hydrogen) atoms. The second-order valence-electron chi connectivity index (χ2n) is 22.2. The number of primary amides is 1. The Hall–Kier alpha value is -5.60. The van der Waals surface area contributed by atoms with E-state index in [1.54, 1.807) is 113 Å². The van der Waals surface area contributed by atoms with E-state index in [0.717, 1.165) is 65.4 Å². The summed E-state index contributed by atoms with van der Waals surface area (Å²) in [6, 6.07) is 36.6. The molecule has 0 radical (unpaired) electrons. The van der Waals surface area contributed by atoms with Crippen molar-refractivity contribution < 1.29 is 35.4 Å². The van der Waals surface area contributed by atoms with Crippen LogP contribution in [0.3, 0.4) is 0 Å². The highest BCUT2D eigenvalue weighted by molar-refractivity contribution is 8.16. The molecule has 2 saturated heterocycles. The van der Waals surface area contributed by atoms with Gasteiger partial charge >= 0.3 is 0 Å². The van der Waals surface area contributed by atoms with Crippen molar-refractivity contribution in [3.63, 3.8) is 0 Å². The van der Waals surface area contributed by atoms with E-state index in [0.29, 0.717) is 49.0 Å². The molecule has 10 N–H and O–H groups in total. The standard InChI is InChI=1S/2C16H22N2OS2.C11H12N2OS.C10H8N2O2S.C10H11NO2S.CH4/c2*1-10-13(15-18(4)16(2,3)9-20-15)17-14(21-10)11-7-5-6-8-12(11)19;1-7(12)9-6-15-11(13-9)8-4-2-3-5-10(8)14;11-9(14)7-5-15-10(12-7)6-3-1-2-4-8(6)13;12-5-7-6-14-10(11-7)8-3-1-2-4-9(8)13;/h2*5-8,10,13,15,19H,9H2,1-4H3;2-5,9,14H,1,6,12H2;1-5,13H,(H2,11,14);1-4,7,12-13H,5-6H2;1H4/t10-,13+,15+;10-,13+,15-;;;7-;/m00..1./s1. The molecule has 1 unspecified atom stereocenters. The van der Waals surface area contributed by atoms with E-state index in [1.807, 2.05) is 84.2 Å². The Balaban J connectivity index is 0.000000157. The summed E-state index contributed by atoms with van der Waals surface area (Å²) in [6.07, 6.45) is 0. The van der Waals surface area contributed by atoms with Crippen molar-refractivity contribution in [2.24, 2.45) is 31.4 Å². The Morgan fingerprint density at radius 3 is 1.26 bits per heavy atom. The van der Waals surface area contributed by atoms with Crippen molar-refractivity contribution in [1.29, 1.82) is 0 Å². The quantitative estimate of drug-likeness (QED) is 0.0634. The van der Waals surface area contributed by atoms with E-state index < -0.39 is 5.91 Å². The molecule has 0 aliphatic carbocycles. The SMILES string of the molecule is C.C=C(N)C1CSC(c2ccccc2O)=N1.C[C@@H]1SC(c2ccccc2O)=N[C@H]1[C@@H]1SCC(C)(C)N1C.C[C@@H]1SC(c2ccccc2O)=N[C@H]1[C@H]1SCC(C)(C)N1C.NC(=O)c1csc(-c2ccccc2O)n1.OC[C@@H]1CSC(c2ccccc2O)=N1. The zero-order chi connectivity index (χ0) is 62.0. The molecule has 6 aliphatic rings. The maximum absolute atomic E-state index is 10.8. The van der Waals surface area contributed by atoms with Crippen molar-refractivity contribution in [2.75, 3.05) is 43.7 Å². The number of benzene rings is 5. The van der Waals surface area contributed by atoms with Crippen molar-refractivity contribution >= 4 is 108 Å². The highest BCUT2D eigenvalue weighted by Crippen LogP contribution is 2.46. The van der Waals surface area contributed by atoms with Crippen LogP contribution in [0.1, 0.15) is 81.7 Å². The zero-order valence-corrected chi connectivity index (χ0v) is 54.9. The number of hydrogen-bond donors (Lipinski definition) is 8. The van der Waals surface area contributed by atoms with E-state index in [9.17, 15) is 30.3 Å². The molecule has 1 aromatic heterocycles. The fourth-order valence-corrected chi connectivity index (χ4v) is 18.6. The van der Waals surface area contributed by atoms with Crippen LogP contribution in [0.5, 0.6) is 28.7 Å². The number of aromatic nitrogens is 1. The van der Waals surface area contributed by atoms with E-state index in [4.69, 9.17) is 26.6 Å². The highest BCUT2D eigenvalue weighted by Gasteiger charge is 2.47. The molecule has 464 valence electrons. The summed E-state index contributed by atoms with van der Waals surface area (Å²) in [7, 11) is 4.41. The summed E-state index contributed by atoms with van der Waals surface area (Å²) < 4.78 is 0. The minimum absolute atomic E-state index is 0. The number of likely N-dealkylation sites (N-methyl/N-ethyl adjacent to an activating group) is 2. The second-order valence-corrected chi connectivity index (χ2v) is 30.0. The van der Waals surface area contributed by atoms with Crippen molar-refractivity contribution in [3.8, 4) is 39.3 Å². The summed E-state index contributed by atoms with van der Waals surface area (Å²) in [5.74, 6) is 4.61. The predicted octanol–water partition coefficient (Wildman–Crippen LogP) is 12.1. The summed E-state index contributed by atoms with van der Waals surface area (Å²) in [5.41, 5.74) is 15.8. The van der Waals surface area contributed by atoms with Crippen molar-refractivity contribution in [1.82, 2.24) is 14.8 Å². The minimum Gasteiger partial charge on any atom is -0.507 e. The van der Waals surface area contributed by atoms with Crippen LogP contribution in [0, 0.1) is 0 Å². The van der Waals surface area contributed by atoms with Gasteiger partial charge in [-0.3, -0.25) is 34.6 Å². The van der Waals surface area contributed by atoms with Crippen molar-refractivity contribution in [2.45, 2.75) is 105 Å². The number of aliphatic imine (C=N–C) groups is 4. The average Bonchev–Trinajstić information content (AvgIpc) is 1.96. The Bertz CT molecular complexity index is 3390. The van der Waals surface area contributed by atoms with Crippen LogP contribution in [0.4, 0.5) is 0 Å². The largest absolute Gasteiger partial charge is 0.507 e. The first-order valence-corrected chi connectivity index (χ1v) is 34.5. The van der Waals surface area contributed by atoms with Gasteiger partial charge in [0.05, 0.1) is 47.1 Å². The smallest absolute Gasteiger partial charge is 0.268 e. The molecule has 0 bridgehead atoms. The molecule has 6 aromatic rings. The Morgan fingerprint density at radius 1 is 0.575 bits per heavy atom. The fraction of sp³-hybridized carbons (Fsp3) is 0.375. The molecule has 5 aromatic carbocycles. The van der Waals surface area contributed by atoms with Crippen LogP contribution in [0.25, 0.3) is 10.6 Å². The van der Waals surface area contributed by atoms with Gasteiger partial charge in [-0.15, -0.1) is 81.9 Å². The lowest BCUT2D eigenvalue weighted by atomic mass is 10.1. The summed E-state index contributed by atoms with van der Waals surface area (Å²) in [5, 5.41) is 65.3. The molecule has 6 aliphatic heterocycles. The van der Waals surface area contributed by atoms with Crippen LogP contribution in [-0.4, -0.2) is 172 Å². The average molecular weight is 1310 g/mol. The molecule has 7 heterocycles. The first-order valence-electron chi connectivity index (χ1n) is 27.8. The van der Waals surface area contributed by atoms with Gasteiger partial charge in [0.1, 0.15) is 59.6 Å². The number of rotatable bonds is 10. The van der Waals surface area contributed by atoms with Gasteiger partial charge in [0, 0.05) is 77.9 Å². The number of thiazole rings is 1. The van der Waals surface area contributed by atoms with Gasteiger partial charge < -0.3 is 42.1 Å². The normalized spacial score (nSPS) is 24.2. The number of aliphatic hydroxyl groups is 1. The number of aliphatic hydroxyl groups excluding tert-OH is 1. The second kappa shape index (κ2) is 30.7. The molecule has 12 rings (SSSR count). The van der Waals surface area contributed by atoms with Crippen molar-refractivity contribution in [3.05, 3.63) is 167 Å². The molecule has 23 heteroatoms. The van der Waals surface area contributed by atoms with Gasteiger partial charge in [-0.2, -0.15) is 0 Å². The third-order valence-corrected chi connectivity index (χ3v) is 24.1. The van der Waals surface area contributed by atoms with E-state index in [-0.39, 0.29) is 72.2 Å². The number of aromatic hydroxyl groups is 5. The monoisotopic (exact) mass is 1310 g/mol. The van der Waals surface area contributed by atoms with Crippen LogP contribution in [-0.2, 0) is 0 Å². The van der Waals surface area contributed by atoms with E-state index >= 15 is 0 Å². The lowest BCUT2D eigenvalue weighted by Crippen LogP contribution is -2.46. The molecular formula is C64H79N9O7S7. The summed E-state index contributed by atoms with van der Waals surface area (Å²) in [6.45, 7) is 17.4. The van der Waals surface area contributed by atoms with Gasteiger partial charge in [0.15, 0.2) is 0 Å². The van der Waals surface area contributed by atoms with Gasteiger partial charge in [-0.05, 0) is 102 Å². The van der Waals surface area contributed by atoms with Crippen LogP contribution >= 0.6 is 81.9 Å². The maximum atomic E-state index is 10.8. The van der Waals surface area contributed by atoms with Gasteiger partial charge in [-0.25, -0.2) is 4.98 Å². The number of nitrogens with two attached hydrogens (primary N) is 2. The number of thioether (sulfide) groups is 6. The van der Waals surface area contributed by atoms with Gasteiger partial charge in [-0.1, -0.05) is 88.5 Å². The lowest BCUT2D eigenvalue weighted by Gasteiger charge is -2.33. The predicted molar refractivity (Wildman–Crippen MR) is 374 cm³/mol. The molecule has 2 fully saturated rings. The lowest BCUT2D eigenvalue weighted by molar-refractivity contribution is 0.0996. The number of para-hydroxylation sites is 5. The molecular weight excluding hydrogens is 1230 g/mol. The summed E-state index contributed by atoms with van der Waals surface area (Å²) in [4.78, 5) is 38.4. The topological polar surface area (TPSA) is 259 Å². The molecule has 1 amide bonds. The molecule has 16 nitrogen and oxygen atoms in total. The first-order chi connectivity index (χ1) is 41.0. The fourth-order valence-electron chi connectivity index (χ4n) is 9.39. The number of hydrogen-bond acceptors (Lipinski definition) is 22. The third-order valence-electron chi connectivity index (χ3n) is 15.0. The number of carbonyl (C=O) groups is 1. The Kier molecular flexibility index (Phi) is 24.3. The number of carbonyl (C=O) groups excluding carboxylic acids is 1. The molecule has 8 atom stereocenters. The Morgan fingerprint density at radius 2 is 0.943 bits per heavy atom. The van der Waals surface area contributed by atoms with Crippen LogP contribution in [0.2, 0.25) is 0 Å². The maximum Gasteiger partial charge on any atom is 0.268 e. The third kappa shape index (κ3) is 17.0. The van der Waals surface area contributed by atoms with E-state index in [1.165, 1.54) is 11.3 Å². The first kappa shape index (κ1) is 68.9. The van der Waals surface area contributed by atoms with Crippen LogP contribution in [0.15, 0.2) is 159 Å².